The molecular weight excluding hydrogens is 680 g/mol. The Balaban J connectivity index is 1.89. The van der Waals surface area contributed by atoms with Gasteiger partial charge in [0, 0.05) is 5.02 Å². The Morgan fingerprint density at radius 1 is 1.31 bits per heavy atom. The minimum Gasteiger partial charge on any atom is -0.496 e. The summed E-state index contributed by atoms with van der Waals surface area (Å²) in [5.74, 6) is 0.643. The first kappa shape index (κ1) is 24.9. The fraction of sp³-hybridized carbons (Fsp3) is 0.0952. The number of hydrogen-bond donors (Lipinski definition) is 2. The van der Waals surface area contributed by atoms with Crippen LogP contribution in [0.15, 0.2) is 53.0 Å². The number of ether oxygens (including phenoxy) is 2. The number of aliphatic carboxylic acids is 1. The van der Waals surface area contributed by atoms with Gasteiger partial charge in [0.15, 0.2) is 5.82 Å². The Morgan fingerprint density at radius 3 is 2.66 bits per heavy atom. The number of H-pyrrole nitrogens is 1. The van der Waals surface area contributed by atoms with E-state index in [2.05, 4.69) is 66.9 Å². The van der Waals surface area contributed by atoms with Gasteiger partial charge < -0.3 is 14.6 Å². The van der Waals surface area contributed by atoms with Gasteiger partial charge in [-0.1, -0.05) is 24.3 Å². The summed E-state index contributed by atoms with van der Waals surface area (Å²) < 4.78 is 12.7. The molecular formula is C21H16ClI2N3O4S. The van der Waals surface area contributed by atoms with Crippen molar-refractivity contribution in [2.24, 2.45) is 0 Å². The highest BCUT2D eigenvalue weighted by Gasteiger charge is 2.17. The zero-order valence-electron chi connectivity index (χ0n) is 16.6. The SMILES string of the molecule is C=CCOc1c(I)cc(/C=C(\Sc2n[nH]c(-c3cc(Cl)ccc3OC)n2)C(=O)O)cc1I. The maximum atomic E-state index is 11.9. The number of hydrogen-bond acceptors (Lipinski definition) is 6. The van der Waals surface area contributed by atoms with Gasteiger partial charge >= 0.3 is 5.97 Å². The van der Waals surface area contributed by atoms with E-state index >= 15 is 0 Å². The molecule has 0 saturated carbocycles. The number of benzene rings is 2. The van der Waals surface area contributed by atoms with Gasteiger partial charge in [0.1, 0.15) is 23.0 Å². The Hall–Kier alpha value is -1.77. The van der Waals surface area contributed by atoms with E-state index in [4.69, 9.17) is 21.1 Å². The van der Waals surface area contributed by atoms with Crippen molar-refractivity contribution in [3.63, 3.8) is 0 Å². The maximum absolute atomic E-state index is 11.9. The monoisotopic (exact) mass is 695 g/mol. The first-order valence-corrected chi connectivity index (χ1v) is 12.3. The summed E-state index contributed by atoms with van der Waals surface area (Å²) in [5, 5.41) is 17.4. The molecule has 32 heavy (non-hydrogen) atoms. The number of aromatic nitrogens is 3. The Bertz CT molecular complexity index is 1180. The molecule has 0 radical (unpaired) electrons. The number of methoxy groups -OCH3 is 1. The Kier molecular flexibility index (Phi) is 8.85. The lowest BCUT2D eigenvalue weighted by atomic mass is 10.2. The Labute approximate surface area is 220 Å². The van der Waals surface area contributed by atoms with Gasteiger partial charge in [0.25, 0.3) is 0 Å². The van der Waals surface area contributed by atoms with E-state index in [9.17, 15) is 9.90 Å². The van der Waals surface area contributed by atoms with Crippen LogP contribution in [-0.4, -0.2) is 40.0 Å². The van der Waals surface area contributed by atoms with Crippen LogP contribution >= 0.6 is 68.5 Å². The first-order valence-electron chi connectivity index (χ1n) is 8.94. The van der Waals surface area contributed by atoms with Crippen LogP contribution in [0.1, 0.15) is 5.56 Å². The fourth-order valence-electron chi connectivity index (χ4n) is 2.61. The molecule has 0 spiro atoms. The second-order valence-corrected chi connectivity index (χ2v) is 9.91. The van der Waals surface area contributed by atoms with Crippen LogP contribution in [0.2, 0.25) is 5.02 Å². The highest BCUT2D eigenvalue weighted by atomic mass is 127. The normalized spacial score (nSPS) is 11.3. The number of carbonyl (C=O) groups is 1. The molecule has 3 aromatic rings. The third-order valence-electron chi connectivity index (χ3n) is 3.96. The van der Waals surface area contributed by atoms with Gasteiger partial charge in [0.05, 0.1) is 19.8 Å². The minimum atomic E-state index is -1.08. The summed E-state index contributed by atoms with van der Waals surface area (Å²) in [7, 11) is 1.54. The molecule has 0 fully saturated rings. The molecule has 0 aliphatic heterocycles. The van der Waals surface area contributed by atoms with Crippen LogP contribution in [-0.2, 0) is 4.79 Å². The van der Waals surface area contributed by atoms with Gasteiger partial charge in [-0.3, -0.25) is 5.10 Å². The number of nitrogens with one attached hydrogen (secondary N) is 1. The molecule has 0 unspecified atom stereocenters. The highest BCUT2D eigenvalue weighted by molar-refractivity contribution is 14.1. The molecule has 0 aliphatic carbocycles. The second kappa shape index (κ2) is 11.4. The lowest BCUT2D eigenvalue weighted by Gasteiger charge is -2.10. The van der Waals surface area contributed by atoms with Crippen molar-refractivity contribution < 1.29 is 19.4 Å². The summed E-state index contributed by atoms with van der Waals surface area (Å²) in [5.41, 5.74) is 1.35. The second-order valence-electron chi connectivity index (χ2n) is 6.14. The highest BCUT2D eigenvalue weighted by Crippen LogP contribution is 2.34. The quantitative estimate of drug-likeness (QED) is 0.121. The van der Waals surface area contributed by atoms with Crippen LogP contribution in [0.3, 0.4) is 0 Å². The fourth-order valence-corrected chi connectivity index (χ4v) is 5.61. The van der Waals surface area contributed by atoms with E-state index < -0.39 is 5.97 Å². The lowest BCUT2D eigenvalue weighted by molar-refractivity contribution is -0.131. The average Bonchev–Trinajstić information content (AvgIpc) is 3.21. The van der Waals surface area contributed by atoms with Crippen LogP contribution in [0.25, 0.3) is 17.5 Å². The van der Waals surface area contributed by atoms with Crippen molar-refractivity contribution in [3.05, 3.63) is 65.6 Å². The number of nitrogens with zero attached hydrogens (tertiary/aromatic N) is 2. The van der Waals surface area contributed by atoms with Crippen LogP contribution in [0, 0.1) is 7.14 Å². The summed E-state index contributed by atoms with van der Waals surface area (Å²) in [6.07, 6.45) is 3.24. The van der Waals surface area contributed by atoms with Crippen LogP contribution in [0.5, 0.6) is 11.5 Å². The number of carboxylic acids is 1. The van der Waals surface area contributed by atoms with E-state index in [1.165, 1.54) is 0 Å². The summed E-state index contributed by atoms with van der Waals surface area (Å²) >= 11 is 11.3. The van der Waals surface area contributed by atoms with Crippen molar-refractivity contribution in [1.29, 1.82) is 0 Å². The van der Waals surface area contributed by atoms with Crippen molar-refractivity contribution in [2.75, 3.05) is 13.7 Å². The number of aromatic amines is 1. The molecule has 3 rings (SSSR count). The predicted octanol–water partition coefficient (Wildman–Crippen LogP) is 6.13. The van der Waals surface area contributed by atoms with Gasteiger partial charge in [-0.15, -0.1) is 5.10 Å². The molecule has 166 valence electrons. The van der Waals surface area contributed by atoms with E-state index in [0.717, 1.165) is 30.2 Å². The third kappa shape index (κ3) is 6.17. The number of carboxylic acid groups (broad SMARTS) is 1. The molecule has 0 amide bonds. The number of thioether (sulfide) groups is 1. The lowest BCUT2D eigenvalue weighted by Crippen LogP contribution is -2.00. The van der Waals surface area contributed by atoms with Crippen molar-refractivity contribution in [3.8, 4) is 22.9 Å². The summed E-state index contributed by atoms with van der Waals surface area (Å²) in [6.45, 7) is 4.04. The Morgan fingerprint density at radius 2 is 2.03 bits per heavy atom. The zero-order valence-corrected chi connectivity index (χ0v) is 22.5. The molecule has 2 N–H and O–H groups in total. The summed E-state index contributed by atoms with van der Waals surface area (Å²) in [4.78, 5) is 16.3. The van der Waals surface area contributed by atoms with Crippen LogP contribution in [0.4, 0.5) is 0 Å². The van der Waals surface area contributed by atoms with E-state index in [-0.39, 0.29) is 10.1 Å². The molecule has 1 aromatic heterocycles. The van der Waals surface area contributed by atoms with Gasteiger partial charge in [-0.2, -0.15) is 0 Å². The standard InChI is InChI=1S/C21H16ClI2N3O4S/c1-3-6-31-18-14(23)7-11(8-15(18)24)9-17(20(28)29)32-21-25-19(26-27-21)13-10-12(22)4-5-16(13)30-2/h3-5,7-10H,1,6H2,2H3,(H,28,29)(H,25,26,27)/b17-9-. The van der Waals surface area contributed by atoms with E-state index in [1.807, 2.05) is 12.1 Å². The predicted molar refractivity (Wildman–Crippen MR) is 142 cm³/mol. The number of halogens is 3. The summed E-state index contributed by atoms with van der Waals surface area (Å²) in [6, 6.07) is 8.83. The molecule has 0 atom stereocenters. The van der Waals surface area contributed by atoms with Crippen LogP contribution < -0.4 is 9.47 Å². The molecule has 1 heterocycles. The minimum absolute atomic E-state index is 0.0694. The van der Waals surface area contributed by atoms with Gasteiger partial charge in [-0.05, 0) is 98.9 Å². The molecule has 11 heteroatoms. The van der Waals surface area contributed by atoms with E-state index in [0.29, 0.717) is 28.8 Å². The first-order chi connectivity index (χ1) is 15.3. The van der Waals surface area contributed by atoms with Crippen molar-refractivity contribution >= 4 is 80.6 Å². The molecule has 0 saturated heterocycles. The largest absolute Gasteiger partial charge is 0.496 e. The molecule has 7 nitrogen and oxygen atoms in total. The van der Waals surface area contributed by atoms with E-state index in [1.54, 1.807) is 37.5 Å². The molecule has 0 aliphatic rings. The number of rotatable bonds is 9. The van der Waals surface area contributed by atoms with Gasteiger partial charge in [-0.25, -0.2) is 9.78 Å². The topological polar surface area (TPSA) is 97.3 Å². The van der Waals surface area contributed by atoms with Gasteiger partial charge in [0.2, 0.25) is 5.16 Å². The average molecular weight is 696 g/mol. The zero-order chi connectivity index (χ0) is 23.3. The smallest absolute Gasteiger partial charge is 0.342 e. The molecule has 2 aromatic carbocycles. The van der Waals surface area contributed by atoms with Crippen molar-refractivity contribution in [1.82, 2.24) is 15.2 Å². The maximum Gasteiger partial charge on any atom is 0.342 e. The third-order valence-corrected chi connectivity index (χ3v) is 6.67. The van der Waals surface area contributed by atoms with Crippen molar-refractivity contribution in [2.45, 2.75) is 5.16 Å². The molecule has 0 bridgehead atoms.